The van der Waals surface area contributed by atoms with Gasteiger partial charge in [0.15, 0.2) is 0 Å². The fraction of sp³-hybridized carbons (Fsp3) is 0.417. The fourth-order valence-corrected chi connectivity index (χ4v) is 3.16. The zero-order valence-electron chi connectivity index (χ0n) is 9.49. The molecule has 0 amide bonds. The SMILES string of the molecule is NNc1nc2c(Br)cccc2n1C1CCCC1. The zero-order valence-corrected chi connectivity index (χ0v) is 11.1. The first-order valence-corrected chi connectivity index (χ1v) is 6.73. The van der Waals surface area contributed by atoms with Crippen molar-refractivity contribution in [2.24, 2.45) is 5.84 Å². The van der Waals surface area contributed by atoms with Crippen molar-refractivity contribution in [2.45, 2.75) is 31.7 Å². The van der Waals surface area contributed by atoms with Crippen LogP contribution in [0.25, 0.3) is 11.0 Å². The normalized spacial score (nSPS) is 16.8. The number of imidazole rings is 1. The highest BCUT2D eigenvalue weighted by Crippen LogP contribution is 2.36. The maximum Gasteiger partial charge on any atom is 0.218 e. The Bertz CT molecular complexity index is 543. The third-order valence-corrected chi connectivity index (χ3v) is 4.13. The van der Waals surface area contributed by atoms with Crippen molar-refractivity contribution in [1.82, 2.24) is 9.55 Å². The Morgan fingerprint density at radius 2 is 2.12 bits per heavy atom. The van der Waals surface area contributed by atoms with E-state index >= 15 is 0 Å². The topological polar surface area (TPSA) is 55.9 Å². The molecule has 1 fully saturated rings. The van der Waals surface area contributed by atoms with Crippen molar-refractivity contribution >= 4 is 32.9 Å². The third-order valence-electron chi connectivity index (χ3n) is 3.49. The minimum atomic E-state index is 0.528. The van der Waals surface area contributed by atoms with E-state index in [0.717, 1.165) is 21.5 Å². The summed E-state index contributed by atoms with van der Waals surface area (Å²) in [5, 5.41) is 0. The van der Waals surface area contributed by atoms with Crippen LogP contribution in [0.15, 0.2) is 22.7 Å². The summed E-state index contributed by atoms with van der Waals surface area (Å²) in [6.07, 6.45) is 5.02. The van der Waals surface area contributed by atoms with E-state index in [1.165, 1.54) is 25.7 Å². The number of rotatable bonds is 2. The monoisotopic (exact) mass is 294 g/mol. The molecule has 0 saturated heterocycles. The van der Waals surface area contributed by atoms with Crippen LogP contribution in [0.4, 0.5) is 5.95 Å². The van der Waals surface area contributed by atoms with Crippen molar-refractivity contribution in [2.75, 3.05) is 5.43 Å². The van der Waals surface area contributed by atoms with Gasteiger partial charge in [0.1, 0.15) is 5.52 Å². The largest absolute Gasteiger partial charge is 0.306 e. The molecule has 2 aromatic rings. The van der Waals surface area contributed by atoms with Gasteiger partial charge in [-0.3, -0.25) is 5.43 Å². The molecule has 0 radical (unpaired) electrons. The van der Waals surface area contributed by atoms with E-state index in [4.69, 9.17) is 5.84 Å². The Kier molecular flexibility index (Phi) is 2.80. The lowest BCUT2D eigenvalue weighted by Crippen LogP contribution is -2.15. The quantitative estimate of drug-likeness (QED) is 0.661. The summed E-state index contributed by atoms with van der Waals surface area (Å²) in [7, 11) is 0. The summed E-state index contributed by atoms with van der Waals surface area (Å²) in [5.41, 5.74) is 4.85. The Morgan fingerprint density at radius 1 is 1.35 bits per heavy atom. The van der Waals surface area contributed by atoms with Crippen molar-refractivity contribution in [3.05, 3.63) is 22.7 Å². The van der Waals surface area contributed by atoms with Crippen molar-refractivity contribution in [3.63, 3.8) is 0 Å². The lowest BCUT2D eigenvalue weighted by atomic mass is 10.2. The number of hydrogen-bond acceptors (Lipinski definition) is 3. The number of anilines is 1. The Labute approximate surface area is 108 Å². The van der Waals surface area contributed by atoms with Crippen molar-refractivity contribution < 1.29 is 0 Å². The van der Waals surface area contributed by atoms with E-state index in [9.17, 15) is 0 Å². The molecule has 0 bridgehead atoms. The fourth-order valence-electron chi connectivity index (χ4n) is 2.72. The van der Waals surface area contributed by atoms with Crippen molar-refractivity contribution in [3.8, 4) is 0 Å². The summed E-state index contributed by atoms with van der Waals surface area (Å²) in [5.74, 6) is 6.35. The molecule has 1 heterocycles. The van der Waals surface area contributed by atoms with Crippen LogP contribution in [0.2, 0.25) is 0 Å². The smallest absolute Gasteiger partial charge is 0.218 e. The van der Waals surface area contributed by atoms with Crippen molar-refractivity contribution in [1.29, 1.82) is 0 Å². The van der Waals surface area contributed by atoms with Crippen LogP contribution >= 0.6 is 15.9 Å². The average Bonchev–Trinajstić information content (AvgIpc) is 2.94. The van der Waals surface area contributed by atoms with Gasteiger partial charge in [-0.25, -0.2) is 10.8 Å². The molecule has 0 atom stereocenters. The standard InChI is InChI=1S/C12H15BrN4/c13-9-6-3-7-10-11(9)15-12(16-14)17(10)8-4-1-2-5-8/h3,6-8H,1-2,4-5,14H2,(H,15,16). The number of halogens is 1. The number of nitrogen functional groups attached to an aromatic ring is 1. The van der Waals surface area contributed by atoms with Gasteiger partial charge >= 0.3 is 0 Å². The van der Waals surface area contributed by atoms with Crippen LogP contribution in [-0.4, -0.2) is 9.55 Å². The maximum atomic E-state index is 5.58. The first kappa shape index (κ1) is 11.0. The second-order valence-corrected chi connectivity index (χ2v) is 5.35. The molecule has 0 spiro atoms. The number of benzene rings is 1. The highest BCUT2D eigenvalue weighted by molar-refractivity contribution is 9.10. The van der Waals surface area contributed by atoms with E-state index in [-0.39, 0.29) is 0 Å². The number of aromatic nitrogens is 2. The molecular formula is C12H15BrN4. The minimum Gasteiger partial charge on any atom is -0.306 e. The van der Waals surface area contributed by atoms with Gasteiger partial charge in [-0.2, -0.15) is 0 Å². The highest BCUT2D eigenvalue weighted by atomic mass is 79.9. The minimum absolute atomic E-state index is 0.528. The highest BCUT2D eigenvalue weighted by Gasteiger charge is 2.22. The molecule has 3 N–H and O–H groups in total. The Hall–Kier alpha value is -1.07. The van der Waals surface area contributed by atoms with Crippen LogP contribution < -0.4 is 11.3 Å². The predicted molar refractivity (Wildman–Crippen MR) is 72.7 cm³/mol. The van der Waals surface area contributed by atoms with Crippen LogP contribution in [0.1, 0.15) is 31.7 Å². The first-order chi connectivity index (χ1) is 8.31. The number of hydrogen-bond donors (Lipinski definition) is 2. The second kappa shape index (κ2) is 4.31. The lowest BCUT2D eigenvalue weighted by Gasteiger charge is -2.15. The number of para-hydroxylation sites is 1. The summed E-state index contributed by atoms with van der Waals surface area (Å²) in [6.45, 7) is 0. The number of hydrazine groups is 1. The molecule has 17 heavy (non-hydrogen) atoms. The molecule has 90 valence electrons. The Morgan fingerprint density at radius 3 is 2.82 bits per heavy atom. The van der Waals surface area contributed by atoms with Crippen LogP contribution in [0.5, 0.6) is 0 Å². The molecule has 3 rings (SSSR count). The van der Waals surface area contributed by atoms with E-state index in [1.54, 1.807) is 0 Å². The van der Waals surface area contributed by atoms with E-state index in [2.05, 4.69) is 37.0 Å². The molecule has 1 aliphatic carbocycles. The van der Waals surface area contributed by atoms with Gasteiger partial charge in [0.25, 0.3) is 0 Å². The van der Waals surface area contributed by atoms with Crippen LogP contribution in [-0.2, 0) is 0 Å². The zero-order chi connectivity index (χ0) is 11.8. The van der Waals surface area contributed by atoms with Gasteiger partial charge in [-0.05, 0) is 40.9 Å². The number of nitrogens with one attached hydrogen (secondary N) is 1. The molecule has 5 heteroatoms. The van der Waals surface area contributed by atoms with E-state index in [0.29, 0.717) is 6.04 Å². The summed E-state index contributed by atoms with van der Waals surface area (Å²) >= 11 is 3.54. The Balaban J connectivity index is 2.22. The van der Waals surface area contributed by atoms with Gasteiger partial charge in [0.2, 0.25) is 5.95 Å². The van der Waals surface area contributed by atoms with Gasteiger partial charge in [0, 0.05) is 10.5 Å². The lowest BCUT2D eigenvalue weighted by molar-refractivity contribution is 0.537. The van der Waals surface area contributed by atoms with Gasteiger partial charge in [-0.15, -0.1) is 0 Å². The molecule has 1 aromatic heterocycles. The maximum absolute atomic E-state index is 5.58. The molecule has 0 aliphatic heterocycles. The molecule has 4 nitrogen and oxygen atoms in total. The van der Waals surface area contributed by atoms with Crippen LogP contribution in [0.3, 0.4) is 0 Å². The predicted octanol–water partition coefficient (Wildman–Crippen LogP) is 3.20. The molecule has 1 aliphatic rings. The number of fused-ring (bicyclic) bond motifs is 1. The summed E-state index contributed by atoms with van der Waals surface area (Å²) in [6, 6.07) is 6.68. The third kappa shape index (κ3) is 1.73. The molecule has 0 unspecified atom stereocenters. The average molecular weight is 295 g/mol. The van der Waals surface area contributed by atoms with Crippen LogP contribution in [0, 0.1) is 0 Å². The van der Waals surface area contributed by atoms with E-state index < -0.39 is 0 Å². The summed E-state index contributed by atoms with van der Waals surface area (Å²) in [4.78, 5) is 4.56. The molecule has 1 aromatic carbocycles. The van der Waals surface area contributed by atoms with E-state index in [1.807, 2.05) is 12.1 Å². The first-order valence-electron chi connectivity index (χ1n) is 5.94. The number of nitrogens with two attached hydrogens (primary N) is 1. The molecular weight excluding hydrogens is 280 g/mol. The van der Waals surface area contributed by atoms with Gasteiger partial charge < -0.3 is 4.57 Å². The summed E-state index contributed by atoms with van der Waals surface area (Å²) < 4.78 is 3.26. The number of nitrogens with zero attached hydrogens (tertiary/aromatic N) is 2. The molecule has 1 saturated carbocycles. The van der Waals surface area contributed by atoms with Gasteiger partial charge in [0.05, 0.1) is 5.52 Å². The van der Waals surface area contributed by atoms with Gasteiger partial charge in [-0.1, -0.05) is 18.9 Å². The second-order valence-electron chi connectivity index (χ2n) is 4.50.